The van der Waals surface area contributed by atoms with Crippen LogP contribution in [0, 0.1) is 6.92 Å². The molecule has 28 heavy (non-hydrogen) atoms. The van der Waals surface area contributed by atoms with Gasteiger partial charge in [0.1, 0.15) is 5.82 Å². The predicted molar refractivity (Wildman–Crippen MR) is 102 cm³/mol. The molecule has 0 spiro atoms. The molecule has 1 fully saturated rings. The molecule has 1 saturated carbocycles. The van der Waals surface area contributed by atoms with Gasteiger partial charge in [0.25, 0.3) is 0 Å². The van der Waals surface area contributed by atoms with E-state index >= 15 is 0 Å². The molecule has 1 N–H and O–H groups in total. The van der Waals surface area contributed by atoms with Gasteiger partial charge < -0.3 is 9.88 Å². The summed E-state index contributed by atoms with van der Waals surface area (Å²) >= 11 is 1.32. The van der Waals surface area contributed by atoms with Crippen molar-refractivity contribution in [1.29, 1.82) is 0 Å². The van der Waals surface area contributed by atoms with Gasteiger partial charge >= 0.3 is 6.18 Å². The number of carbonyl (C=O) groups is 1. The summed E-state index contributed by atoms with van der Waals surface area (Å²) in [6.07, 6.45) is 1.36. The van der Waals surface area contributed by atoms with Crippen molar-refractivity contribution in [2.45, 2.75) is 68.6 Å². The molecule has 2 aromatic rings. The van der Waals surface area contributed by atoms with Crippen LogP contribution in [0.2, 0.25) is 0 Å². The lowest BCUT2D eigenvalue weighted by atomic mass is 9.95. The number of hydrogen-bond donors (Lipinski definition) is 1. The zero-order valence-electron chi connectivity index (χ0n) is 15.8. The lowest BCUT2D eigenvalue weighted by Crippen LogP contribution is -2.23. The minimum absolute atomic E-state index is 0.291. The summed E-state index contributed by atoms with van der Waals surface area (Å²) in [6.45, 7) is 3.66. The van der Waals surface area contributed by atoms with E-state index in [0.29, 0.717) is 16.9 Å². The van der Waals surface area contributed by atoms with E-state index in [1.54, 1.807) is 6.92 Å². The normalized spacial score (nSPS) is 16.8. The first-order valence-corrected chi connectivity index (χ1v) is 10.2. The fraction of sp³-hybridized carbons (Fsp3) is 0.526. The van der Waals surface area contributed by atoms with Crippen molar-refractivity contribution in [3.05, 3.63) is 35.7 Å². The average molecular weight is 412 g/mol. The minimum Gasteiger partial charge on any atom is -0.325 e. The van der Waals surface area contributed by atoms with Gasteiger partial charge in [0.15, 0.2) is 5.16 Å². The molecule has 1 aromatic heterocycles. The summed E-state index contributed by atoms with van der Waals surface area (Å²) in [5.41, 5.74) is -0.417. The fourth-order valence-electron chi connectivity index (χ4n) is 3.39. The number of nitrogens with zero attached hydrogens (tertiary/aromatic N) is 3. The van der Waals surface area contributed by atoms with Crippen molar-refractivity contribution >= 4 is 23.4 Å². The number of benzene rings is 1. The van der Waals surface area contributed by atoms with Crippen LogP contribution in [0.1, 0.15) is 56.5 Å². The number of aryl methyl sites for hydroxylation is 1. The first kappa shape index (κ1) is 20.7. The van der Waals surface area contributed by atoms with Crippen LogP contribution < -0.4 is 5.32 Å². The number of carbonyl (C=O) groups excluding carboxylic acids is 1. The van der Waals surface area contributed by atoms with Crippen LogP contribution in [0.4, 0.5) is 18.9 Å². The van der Waals surface area contributed by atoms with Crippen LogP contribution in [0.15, 0.2) is 29.4 Å². The zero-order chi connectivity index (χ0) is 20.3. The quantitative estimate of drug-likeness (QED) is 0.683. The van der Waals surface area contributed by atoms with Gasteiger partial charge in [-0.25, -0.2) is 0 Å². The van der Waals surface area contributed by atoms with E-state index in [4.69, 9.17) is 0 Å². The van der Waals surface area contributed by atoms with E-state index in [0.717, 1.165) is 30.8 Å². The number of alkyl halides is 3. The zero-order valence-corrected chi connectivity index (χ0v) is 16.6. The first-order valence-electron chi connectivity index (χ1n) is 9.32. The third-order valence-corrected chi connectivity index (χ3v) is 5.96. The summed E-state index contributed by atoms with van der Waals surface area (Å²) in [5.74, 6) is 0.547. The number of hydrogen-bond acceptors (Lipinski definition) is 4. The maximum Gasteiger partial charge on any atom is 0.416 e. The van der Waals surface area contributed by atoms with Gasteiger partial charge in [0.2, 0.25) is 5.91 Å². The number of nitrogens with one attached hydrogen (secondary N) is 1. The van der Waals surface area contributed by atoms with E-state index in [1.165, 1.54) is 43.2 Å². The van der Waals surface area contributed by atoms with E-state index in [2.05, 4.69) is 20.1 Å². The summed E-state index contributed by atoms with van der Waals surface area (Å²) in [5, 5.41) is 11.3. The molecule has 1 aliphatic rings. The van der Waals surface area contributed by atoms with Gasteiger partial charge in [-0.05, 0) is 51.0 Å². The van der Waals surface area contributed by atoms with Gasteiger partial charge in [-0.15, -0.1) is 10.2 Å². The maximum atomic E-state index is 12.6. The number of aromatic nitrogens is 3. The standard InChI is InChI=1S/C19H23F3N4OS/c1-12(17(27)23-15-10-8-14(9-11-15)19(20,21)22)28-18-25-24-13(2)26(18)16-6-4-3-5-7-16/h8-12,16H,3-7H2,1-2H3,(H,23,27)/t12-/m1/s1. The van der Waals surface area contributed by atoms with Crippen molar-refractivity contribution in [3.63, 3.8) is 0 Å². The molecule has 1 heterocycles. The smallest absolute Gasteiger partial charge is 0.325 e. The Balaban J connectivity index is 1.65. The van der Waals surface area contributed by atoms with Crippen LogP contribution in [-0.2, 0) is 11.0 Å². The molecule has 0 unspecified atom stereocenters. The van der Waals surface area contributed by atoms with Crippen molar-refractivity contribution in [1.82, 2.24) is 14.8 Å². The Morgan fingerprint density at radius 3 is 2.43 bits per heavy atom. The number of anilines is 1. The second kappa shape index (κ2) is 8.55. The van der Waals surface area contributed by atoms with Gasteiger partial charge in [-0.1, -0.05) is 31.0 Å². The second-order valence-electron chi connectivity index (χ2n) is 7.02. The number of rotatable bonds is 5. The molecule has 3 rings (SSSR count). The number of halogens is 3. The van der Waals surface area contributed by atoms with Crippen LogP contribution in [-0.4, -0.2) is 25.9 Å². The van der Waals surface area contributed by atoms with Crippen molar-refractivity contribution < 1.29 is 18.0 Å². The van der Waals surface area contributed by atoms with Crippen LogP contribution >= 0.6 is 11.8 Å². The average Bonchev–Trinajstić information content (AvgIpc) is 3.02. The highest BCUT2D eigenvalue weighted by Gasteiger charge is 2.30. The monoisotopic (exact) mass is 412 g/mol. The minimum atomic E-state index is -4.40. The highest BCUT2D eigenvalue weighted by Crippen LogP contribution is 2.34. The van der Waals surface area contributed by atoms with Crippen molar-refractivity contribution in [2.24, 2.45) is 0 Å². The highest BCUT2D eigenvalue weighted by molar-refractivity contribution is 8.00. The molecule has 1 aromatic carbocycles. The third-order valence-electron chi connectivity index (χ3n) is 4.91. The highest BCUT2D eigenvalue weighted by atomic mass is 32.2. The molecule has 9 heteroatoms. The fourth-order valence-corrected chi connectivity index (χ4v) is 4.35. The molecule has 0 saturated heterocycles. The molecular formula is C19H23F3N4OS. The molecule has 152 valence electrons. The molecule has 0 bridgehead atoms. The molecule has 1 atom stereocenters. The first-order chi connectivity index (χ1) is 13.3. The van der Waals surface area contributed by atoms with Gasteiger partial charge in [0.05, 0.1) is 10.8 Å². The maximum absolute atomic E-state index is 12.6. The molecule has 1 aliphatic carbocycles. The molecule has 1 amide bonds. The Morgan fingerprint density at radius 1 is 1.18 bits per heavy atom. The Labute approximate surface area is 166 Å². The Bertz CT molecular complexity index is 814. The molecule has 0 radical (unpaired) electrons. The second-order valence-corrected chi connectivity index (χ2v) is 8.32. The largest absolute Gasteiger partial charge is 0.416 e. The van der Waals surface area contributed by atoms with Crippen molar-refractivity contribution in [3.8, 4) is 0 Å². The topological polar surface area (TPSA) is 59.8 Å². The van der Waals surface area contributed by atoms with Gasteiger partial charge in [-0.3, -0.25) is 4.79 Å². The van der Waals surface area contributed by atoms with Gasteiger partial charge in [0, 0.05) is 11.7 Å². The van der Waals surface area contributed by atoms with Crippen LogP contribution in [0.3, 0.4) is 0 Å². The third kappa shape index (κ3) is 4.87. The summed E-state index contributed by atoms with van der Waals surface area (Å²) < 4.78 is 40.0. The Kier molecular flexibility index (Phi) is 6.32. The van der Waals surface area contributed by atoms with Crippen molar-refractivity contribution in [2.75, 3.05) is 5.32 Å². The van der Waals surface area contributed by atoms with E-state index < -0.39 is 17.0 Å². The number of thioether (sulfide) groups is 1. The van der Waals surface area contributed by atoms with E-state index in [9.17, 15) is 18.0 Å². The SMILES string of the molecule is Cc1nnc(S[C@H](C)C(=O)Nc2ccc(C(F)(F)F)cc2)n1C1CCCCC1. The number of amides is 1. The molecular weight excluding hydrogens is 389 g/mol. The van der Waals surface area contributed by atoms with E-state index in [-0.39, 0.29) is 5.91 Å². The predicted octanol–water partition coefficient (Wildman–Crippen LogP) is 5.23. The lowest BCUT2D eigenvalue weighted by molar-refractivity contribution is -0.137. The van der Waals surface area contributed by atoms with Crippen LogP contribution in [0.25, 0.3) is 0 Å². The van der Waals surface area contributed by atoms with Crippen LogP contribution in [0.5, 0.6) is 0 Å². The Hall–Kier alpha value is -2.03. The van der Waals surface area contributed by atoms with E-state index in [1.807, 2.05) is 6.92 Å². The summed E-state index contributed by atoms with van der Waals surface area (Å²) in [7, 11) is 0. The molecule has 5 nitrogen and oxygen atoms in total. The molecule has 0 aliphatic heterocycles. The summed E-state index contributed by atoms with van der Waals surface area (Å²) in [4.78, 5) is 12.5. The van der Waals surface area contributed by atoms with Gasteiger partial charge in [-0.2, -0.15) is 13.2 Å². The Morgan fingerprint density at radius 2 is 1.82 bits per heavy atom. The summed E-state index contributed by atoms with van der Waals surface area (Å²) in [6, 6.07) is 4.78. The lowest BCUT2D eigenvalue weighted by Gasteiger charge is -2.25.